The number of methoxy groups -OCH3 is 4. The van der Waals surface area contributed by atoms with Crippen LogP contribution in [0.5, 0.6) is 23.0 Å². The summed E-state index contributed by atoms with van der Waals surface area (Å²) in [5, 5.41) is 2.64. The van der Waals surface area contributed by atoms with E-state index in [-0.39, 0.29) is 10.6 Å². The van der Waals surface area contributed by atoms with E-state index in [1.807, 2.05) is 0 Å². The number of sulfonamides is 1. The van der Waals surface area contributed by atoms with Crippen LogP contribution in [0, 0.1) is 0 Å². The second-order valence-electron chi connectivity index (χ2n) is 5.92. The Morgan fingerprint density at radius 3 is 2.10 bits per heavy atom. The molecule has 0 unspecified atom stereocenters. The number of hydrogen-bond acceptors (Lipinski definition) is 7. The highest BCUT2D eigenvalue weighted by Crippen LogP contribution is 2.30. The Kier molecular flexibility index (Phi) is 7.29. The van der Waals surface area contributed by atoms with Gasteiger partial charge >= 0.3 is 0 Å². The molecule has 0 spiro atoms. The molecule has 2 aromatic carbocycles. The molecule has 0 saturated carbocycles. The molecule has 2 rings (SSSR count). The van der Waals surface area contributed by atoms with Gasteiger partial charge in [0.25, 0.3) is 0 Å². The molecule has 2 N–H and O–H groups in total. The van der Waals surface area contributed by atoms with Crippen molar-refractivity contribution in [2.24, 2.45) is 0 Å². The number of carbonyl (C=O) groups is 1. The summed E-state index contributed by atoms with van der Waals surface area (Å²) in [5.41, 5.74) is 0.385. The van der Waals surface area contributed by atoms with Crippen molar-refractivity contribution in [1.82, 2.24) is 4.72 Å². The van der Waals surface area contributed by atoms with Crippen LogP contribution in [0.2, 0.25) is 0 Å². The van der Waals surface area contributed by atoms with Crippen molar-refractivity contribution in [3.05, 3.63) is 36.4 Å². The summed E-state index contributed by atoms with van der Waals surface area (Å²) in [7, 11) is 1.84. The lowest BCUT2D eigenvalue weighted by atomic mass is 10.2. The Morgan fingerprint density at radius 1 is 0.862 bits per heavy atom. The number of rotatable bonds is 9. The third-order valence-electron chi connectivity index (χ3n) is 4.06. The van der Waals surface area contributed by atoms with Gasteiger partial charge in [-0.1, -0.05) is 0 Å². The van der Waals surface area contributed by atoms with Crippen LogP contribution in [0.15, 0.2) is 41.3 Å². The van der Waals surface area contributed by atoms with Gasteiger partial charge in [0.15, 0.2) is 11.5 Å². The predicted molar refractivity (Wildman–Crippen MR) is 108 cm³/mol. The summed E-state index contributed by atoms with van der Waals surface area (Å²) in [4.78, 5) is 12.4. The van der Waals surface area contributed by atoms with E-state index < -0.39 is 22.0 Å². The van der Waals surface area contributed by atoms with Crippen LogP contribution >= 0.6 is 0 Å². The zero-order valence-electron chi connectivity index (χ0n) is 16.8. The number of anilines is 1. The van der Waals surface area contributed by atoms with E-state index in [0.29, 0.717) is 22.9 Å². The number of ether oxygens (including phenoxy) is 4. The first kappa shape index (κ1) is 22.3. The minimum atomic E-state index is -3.98. The zero-order valence-corrected chi connectivity index (χ0v) is 17.6. The number of carbonyl (C=O) groups excluding carboxylic acids is 1. The van der Waals surface area contributed by atoms with E-state index in [1.165, 1.54) is 53.6 Å². The van der Waals surface area contributed by atoms with Gasteiger partial charge in [0.05, 0.1) is 45.1 Å². The maximum atomic E-state index is 12.6. The van der Waals surface area contributed by atoms with Gasteiger partial charge in [0.1, 0.15) is 11.5 Å². The molecule has 29 heavy (non-hydrogen) atoms. The first-order valence-electron chi connectivity index (χ1n) is 8.53. The topological polar surface area (TPSA) is 112 Å². The lowest BCUT2D eigenvalue weighted by Gasteiger charge is -2.17. The van der Waals surface area contributed by atoms with E-state index in [9.17, 15) is 13.2 Å². The van der Waals surface area contributed by atoms with Gasteiger partial charge in [-0.05, 0) is 31.2 Å². The van der Waals surface area contributed by atoms with Crippen molar-refractivity contribution in [3.63, 3.8) is 0 Å². The van der Waals surface area contributed by atoms with Gasteiger partial charge in [-0.15, -0.1) is 0 Å². The summed E-state index contributed by atoms with van der Waals surface area (Å²) < 4.78 is 48.2. The van der Waals surface area contributed by atoms with Crippen molar-refractivity contribution in [2.45, 2.75) is 17.9 Å². The standard InChI is InChI=1S/C19H24N2O7S/c1-12(19(22)20-15-8-6-13(25-2)10-17(15)27-4)21-29(23,24)14-7-9-16(26-3)18(11-14)28-5/h6-12,21H,1-5H3,(H,20,22)/t12-/m0/s1. The SMILES string of the molecule is COc1ccc(NC(=O)[C@H](C)NS(=O)(=O)c2ccc(OC)c(OC)c2)c(OC)c1. The number of nitrogens with one attached hydrogen (secondary N) is 2. The van der Waals surface area contributed by atoms with Gasteiger partial charge in [0.2, 0.25) is 15.9 Å². The fourth-order valence-electron chi connectivity index (χ4n) is 2.48. The Morgan fingerprint density at radius 2 is 1.52 bits per heavy atom. The molecule has 2 aromatic rings. The van der Waals surface area contributed by atoms with E-state index >= 15 is 0 Å². The monoisotopic (exact) mass is 424 g/mol. The molecule has 10 heteroatoms. The van der Waals surface area contributed by atoms with Crippen LogP contribution in [0.3, 0.4) is 0 Å². The first-order chi connectivity index (χ1) is 13.7. The molecule has 0 saturated heterocycles. The van der Waals surface area contributed by atoms with E-state index in [4.69, 9.17) is 18.9 Å². The molecule has 0 radical (unpaired) electrons. The molecule has 9 nitrogen and oxygen atoms in total. The molecule has 1 amide bonds. The highest BCUT2D eigenvalue weighted by Gasteiger charge is 2.24. The Bertz CT molecular complexity index is 977. The Hall–Kier alpha value is -2.98. The zero-order chi connectivity index (χ0) is 21.6. The van der Waals surface area contributed by atoms with E-state index in [0.717, 1.165) is 0 Å². The van der Waals surface area contributed by atoms with Crippen LogP contribution in [-0.4, -0.2) is 48.8 Å². The molecule has 158 valence electrons. The maximum absolute atomic E-state index is 12.6. The second kappa shape index (κ2) is 9.48. The smallest absolute Gasteiger partial charge is 0.242 e. The number of hydrogen-bond donors (Lipinski definition) is 2. The lowest BCUT2D eigenvalue weighted by molar-refractivity contribution is -0.117. The fourth-order valence-corrected chi connectivity index (χ4v) is 3.70. The van der Waals surface area contributed by atoms with Crippen LogP contribution in [0.25, 0.3) is 0 Å². The van der Waals surface area contributed by atoms with Gasteiger partial charge in [-0.3, -0.25) is 4.79 Å². The molecule has 1 atom stereocenters. The molecular formula is C19H24N2O7S. The predicted octanol–water partition coefficient (Wildman–Crippen LogP) is 2.03. The molecule has 0 fully saturated rings. The quantitative estimate of drug-likeness (QED) is 0.633. The fraction of sp³-hybridized carbons (Fsp3) is 0.316. The van der Waals surface area contributed by atoms with E-state index in [2.05, 4.69) is 10.0 Å². The van der Waals surface area contributed by atoms with Gasteiger partial charge in [-0.25, -0.2) is 8.42 Å². The third-order valence-corrected chi connectivity index (χ3v) is 5.60. The average molecular weight is 424 g/mol. The van der Waals surface area contributed by atoms with Crippen molar-refractivity contribution in [3.8, 4) is 23.0 Å². The Labute approximate surface area is 170 Å². The van der Waals surface area contributed by atoms with Crippen LogP contribution in [-0.2, 0) is 14.8 Å². The van der Waals surface area contributed by atoms with Gasteiger partial charge in [-0.2, -0.15) is 4.72 Å². The van der Waals surface area contributed by atoms with Crippen molar-refractivity contribution in [2.75, 3.05) is 33.8 Å². The number of benzene rings is 2. The molecular weight excluding hydrogens is 400 g/mol. The van der Waals surface area contributed by atoms with Crippen molar-refractivity contribution in [1.29, 1.82) is 0 Å². The van der Waals surface area contributed by atoms with Gasteiger partial charge < -0.3 is 24.3 Å². The summed E-state index contributed by atoms with van der Waals surface area (Å²) in [6, 6.07) is 7.95. The third kappa shape index (κ3) is 5.30. The largest absolute Gasteiger partial charge is 0.497 e. The summed E-state index contributed by atoms with van der Waals surface area (Å²) >= 11 is 0. The van der Waals surface area contributed by atoms with Crippen LogP contribution < -0.4 is 29.0 Å². The lowest BCUT2D eigenvalue weighted by Crippen LogP contribution is -2.41. The summed E-state index contributed by atoms with van der Waals surface area (Å²) in [5.74, 6) is 1.03. The Balaban J connectivity index is 2.16. The highest BCUT2D eigenvalue weighted by molar-refractivity contribution is 7.89. The average Bonchev–Trinajstić information content (AvgIpc) is 2.72. The minimum Gasteiger partial charge on any atom is -0.497 e. The maximum Gasteiger partial charge on any atom is 0.242 e. The van der Waals surface area contributed by atoms with Crippen LogP contribution in [0.4, 0.5) is 5.69 Å². The molecule has 0 aliphatic rings. The van der Waals surface area contributed by atoms with Crippen molar-refractivity contribution < 1.29 is 32.2 Å². The minimum absolute atomic E-state index is 0.0585. The molecule has 0 aromatic heterocycles. The molecule has 0 aliphatic heterocycles. The molecule has 0 bridgehead atoms. The van der Waals surface area contributed by atoms with Crippen LogP contribution in [0.1, 0.15) is 6.92 Å². The number of amides is 1. The molecule has 0 aliphatic carbocycles. The highest BCUT2D eigenvalue weighted by atomic mass is 32.2. The normalized spacial score (nSPS) is 12.0. The molecule has 0 heterocycles. The van der Waals surface area contributed by atoms with E-state index in [1.54, 1.807) is 18.2 Å². The summed E-state index contributed by atoms with van der Waals surface area (Å²) in [6.07, 6.45) is 0. The summed E-state index contributed by atoms with van der Waals surface area (Å²) in [6.45, 7) is 1.43. The second-order valence-corrected chi connectivity index (χ2v) is 7.63. The van der Waals surface area contributed by atoms with Crippen molar-refractivity contribution >= 4 is 21.6 Å². The first-order valence-corrected chi connectivity index (χ1v) is 10.0. The van der Waals surface area contributed by atoms with Gasteiger partial charge in [0, 0.05) is 12.1 Å².